The average Bonchev–Trinajstić information content (AvgIpc) is 3.33. The molecule has 1 amide bonds. The van der Waals surface area contributed by atoms with Gasteiger partial charge in [0.2, 0.25) is 0 Å². The van der Waals surface area contributed by atoms with Crippen molar-refractivity contribution in [3.63, 3.8) is 0 Å². The Balaban J connectivity index is 1.60. The summed E-state index contributed by atoms with van der Waals surface area (Å²) in [5.41, 5.74) is 3.54. The summed E-state index contributed by atoms with van der Waals surface area (Å²) in [7, 11) is 0. The Morgan fingerprint density at radius 2 is 2.10 bits per heavy atom. The van der Waals surface area contributed by atoms with E-state index in [1.807, 2.05) is 31.2 Å². The highest BCUT2D eigenvalue weighted by Crippen LogP contribution is 2.29. The monoisotopic (exact) mass is 405 g/mol. The fraction of sp³-hybridized carbons (Fsp3) is 0.435. The first-order valence-corrected chi connectivity index (χ1v) is 10.5. The number of hydrogen-bond donors (Lipinski definition) is 2. The molecule has 1 aromatic carbocycles. The molecule has 0 atom stereocenters. The van der Waals surface area contributed by atoms with Crippen molar-refractivity contribution in [2.75, 3.05) is 13.1 Å². The van der Waals surface area contributed by atoms with Crippen molar-refractivity contribution in [2.45, 2.75) is 52.1 Å². The van der Waals surface area contributed by atoms with E-state index < -0.39 is 0 Å². The minimum absolute atomic E-state index is 0.139. The maximum atomic E-state index is 12.7. The Kier molecular flexibility index (Phi) is 5.60. The quantitative estimate of drug-likeness (QED) is 0.678. The van der Waals surface area contributed by atoms with Gasteiger partial charge in [0.1, 0.15) is 17.0 Å². The van der Waals surface area contributed by atoms with Crippen LogP contribution in [0.5, 0.6) is 0 Å². The van der Waals surface area contributed by atoms with E-state index in [1.54, 1.807) is 4.68 Å². The summed E-state index contributed by atoms with van der Waals surface area (Å²) in [4.78, 5) is 12.7. The first-order valence-electron chi connectivity index (χ1n) is 10.5. The number of rotatable bonds is 5. The van der Waals surface area contributed by atoms with Crippen LogP contribution in [0.15, 0.2) is 28.7 Å². The number of amides is 1. The molecule has 7 nitrogen and oxygen atoms in total. The number of piperidine rings is 1. The number of carbonyl (C=O) groups is 1. The number of hydrogen-bond acceptors (Lipinski definition) is 5. The molecule has 3 aromatic rings. The summed E-state index contributed by atoms with van der Waals surface area (Å²) in [5.74, 6) is 1.01. The highest BCUT2D eigenvalue weighted by Gasteiger charge is 2.20. The van der Waals surface area contributed by atoms with Gasteiger partial charge < -0.3 is 15.1 Å². The lowest BCUT2D eigenvalue weighted by Crippen LogP contribution is -2.42. The number of benzene rings is 1. The SMILES string of the molecule is Cc1cc(C(=O)NC2CCNCC2)nn1Cc1cc(C#N)cc2cc(C(C)C)oc12. The third-order valence-electron chi connectivity index (χ3n) is 5.62. The van der Waals surface area contributed by atoms with Gasteiger partial charge in [-0.1, -0.05) is 13.8 Å². The molecule has 1 saturated heterocycles. The minimum Gasteiger partial charge on any atom is -0.460 e. The van der Waals surface area contributed by atoms with Gasteiger partial charge >= 0.3 is 0 Å². The first-order chi connectivity index (χ1) is 14.4. The zero-order chi connectivity index (χ0) is 21.3. The van der Waals surface area contributed by atoms with Crippen LogP contribution in [0, 0.1) is 18.3 Å². The molecule has 3 heterocycles. The number of carbonyl (C=O) groups excluding carboxylic acids is 1. The minimum atomic E-state index is -0.139. The fourth-order valence-corrected chi connectivity index (χ4v) is 3.88. The number of nitrogens with one attached hydrogen (secondary N) is 2. The highest BCUT2D eigenvalue weighted by molar-refractivity contribution is 5.92. The predicted octanol–water partition coefficient (Wildman–Crippen LogP) is 3.46. The van der Waals surface area contributed by atoms with Crippen LogP contribution >= 0.6 is 0 Å². The lowest BCUT2D eigenvalue weighted by molar-refractivity contribution is 0.0923. The second kappa shape index (κ2) is 8.33. The zero-order valence-electron chi connectivity index (χ0n) is 17.7. The van der Waals surface area contributed by atoms with E-state index in [0.29, 0.717) is 17.8 Å². The predicted molar refractivity (Wildman–Crippen MR) is 114 cm³/mol. The number of aromatic nitrogens is 2. The smallest absolute Gasteiger partial charge is 0.272 e. The van der Waals surface area contributed by atoms with Gasteiger partial charge in [-0.2, -0.15) is 10.4 Å². The van der Waals surface area contributed by atoms with Crippen molar-refractivity contribution in [1.82, 2.24) is 20.4 Å². The summed E-state index contributed by atoms with van der Waals surface area (Å²) < 4.78 is 7.89. The lowest BCUT2D eigenvalue weighted by Gasteiger charge is -2.23. The van der Waals surface area contributed by atoms with Gasteiger partial charge in [-0.05, 0) is 57.1 Å². The summed E-state index contributed by atoms with van der Waals surface area (Å²) in [6, 6.07) is 9.91. The number of fused-ring (bicyclic) bond motifs is 1. The van der Waals surface area contributed by atoms with Gasteiger partial charge in [-0.15, -0.1) is 0 Å². The Hall–Kier alpha value is -3.11. The summed E-state index contributed by atoms with van der Waals surface area (Å²) in [6.07, 6.45) is 1.86. The number of aryl methyl sites for hydroxylation is 1. The molecule has 0 aliphatic carbocycles. The summed E-state index contributed by atoms with van der Waals surface area (Å²) in [6.45, 7) is 8.36. The van der Waals surface area contributed by atoms with E-state index in [0.717, 1.165) is 53.9 Å². The highest BCUT2D eigenvalue weighted by atomic mass is 16.3. The van der Waals surface area contributed by atoms with E-state index in [-0.39, 0.29) is 17.9 Å². The molecule has 2 N–H and O–H groups in total. The molecule has 1 aliphatic heterocycles. The van der Waals surface area contributed by atoms with Gasteiger partial charge in [0.25, 0.3) is 5.91 Å². The molecule has 0 unspecified atom stereocenters. The van der Waals surface area contributed by atoms with Gasteiger partial charge in [0, 0.05) is 28.6 Å². The van der Waals surface area contributed by atoms with Gasteiger partial charge in [-0.3, -0.25) is 9.48 Å². The standard InChI is InChI=1S/C23H27N5O2/c1-14(2)21-11-17-9-16(12-24)10-18(22(17)30-21)13-28-15(3)8-20(27-28)23(29)26-19-4-6-25-7-5-19/h8-11,14,19,25H,4-7,13H2,1-3H3,(H,26,29). The van der Waals surface area contributed by atoms with Crippen LogP contribution in [-0.2, 0) is 6.54 Å². The van der Waals surface area contributed by atoms with Crippen molar-refractivity contribution < 1.29 is 9.21 Å². The molecule has 1 aliphatic rings. The van der Waals surface area contributed by atoms with Gasteiger partial charge in [-0.25, -0.2) is 0 Å². The Morgan fingerprint density at radius 3 is 2.80 bits per heavy atom. The zero-order valence-corrected chi connectivity index (χ0v) is 17.7. The molecule has 1 fully saturated rings. The van der Waals surface area contributed by atoms with Crippen molar-refractivity contribution in [3.05, 3.63) is 52.5 Å². The molecule has 2 aromatic heterocycles. The van der Waals surface area contributed by atoms with Crippen LogP contribution < -0.4 is 10.6 Å². The van der Waals surface area contributed by atoms with Crippen LogP contribution in [0.2, 0.25) is 0 Å². The molecule has 156 valence electrons. The van der Waals surface area contributed by atoms with Crippen molar-refractivity contribution >= 4 is 16.9 Å². The first kappa shape index (κ1) is 20.2. The molecule has 0 spiro atoms. The van der Waals surface area contributed by atoms with Crippen LogP contribution in [0.3, 0.4) is 0 Å². The van der Waals surface area contributed by atoms with E-state index in [1.165, 1.54) is 0 Å². The third-order valence-corrected chi connectivity index (χ3v) is 5.62. The normalized spacial score (nSPS) is 14.9. The lowest BCUT2D eigenvalue weighted by atomic mass is 10.1. The molecule has 0 saturated carbocycles. The Bertz CT molecular complexity index is 1110. The second-order valence-electron chi connectivity index (χ2n) is 8.30. The van der Waals surface area contributed by atoms with Crippen LogP contribution in [0.4, 0.5) is 0 Å². The maximum absolute atomic E-state index is 12.7. The van der Waals surface area contributed by atoms with Crippen molar-refractivity contribution in [2.24, 2.45) is 0 Å². The Morgan fingerprint density at radius 1 is 1.33 bits per heavy atom. The molecular formula is C23H27N5O2. The number of nitrogens with zero attached hydrogens (tertiary/aromatic N) is 3. The molecular weight excluding hydrogens is 378 g/mol. The van der Waals surface area contributed by atoms with E-state index in [4.69, 9.17) is 4.42 Å². The maximum Gasteiger partial charge on any atom is 0.272 e. The van der Waals surface area contributed by atoms with E-state index in [2.05, 4.69) is 35.6 Å². The number of nitriles is 1. The number of furan rings is 1. The topological polar surface area (TPSA) is 95.9 Å². The largest absolute Gasteiger partial charge is 0.460 e. The van der Waals surface area contributed by atoms with Crippen LogP contribution in [0.1, 0.15) is 65.7 Å². The Labute approximate surface area is 176 Å². The van der Waals surface area contributed by atoms with Gasteiger partial charge in [0.15, 0.2) is 0 Å². The average molecular weight is 406 g/mol. The van der Waals surface area contributed by atoms with Crippen LogP contribution in [-0.4, -0.2) is 34.8 Å². The summed E-state index contributed by atoms with van der Waals surface area (Å²) in [5, 5.41) is 21.3. The van der Waals surface area contributed by atoms with Crippen LogP contribution in [0.25, 0.3) is 11.0 Å². The molecule has 0 bridgehead atoms. The molecule has 0 radical (unpaired) electrons. The summed E-state index contributed by atoms with van der Waals surface area (Å²) >= 11 is 0. The van der Waals surface area contributed by atoms with Crippen molar-refractivity contribution in [1.29, 1.82) is 5.26 Å². The van der Waals surface area contributed by atoms with E-state index in [9.17, 15) is 10.1 Å². The third kappa shape index (κ3) is 4.10. The molecule has 7 heteroatoms. The molecule has 4 rings (SSSR count). The fourth-order valence-electron chi connectivity index (χ4n) is 3.88. The van der Waals surface area contributed by atoms with Crippen molar-refractivity contribution in [3.8, 4) is 6.07 Å². The van der Waals surface area contributed by atoms with E-state index >= 15 is 0 Å². The second-order valence-corrected chi connectivity index (χ2v) is 8.30. The molecule has 30 heavy (non-hydrogen) atoms. The van der Waals surface area contributed by atoms with Gasteiger partial charge in [0.05, 0.1) is 18.2 Å².